The van der Waals surface area contributed by atoms with Gasteiger partial charge in [0.25, 0.3) is 0 Å². The van der Waals surface area contributed by atoms with Crippen LogP contribution in [0.5, 0.6) is 0 Å². The van der Waals surface area contributed by atoms with Crippen molar-refractivity contribution < 1.29 is 0 Å². The van der Waals surface area contributed by atoms with E-state index in [-0.39, 0.29) is 0 Å². The summed E-state index contributed by atoms with van der Waals surface area (Å²) in [7, 11) is 0. The molecule has 0 aromatic heterocycles. The van der Waals surface area contributed by atoms with Crippen LogP contribution < -0.4 is 5.32 Å². The van der Waals surface area contributed by atoms with Crippen molar-refractivity contribution in [2.75, 3.05) is 6.54 Å². The van der Waals surface area contributed by atoms with E-state index in [2.05, 4.69) is 65.9 Å². The van der Waals surface area contributed by atoms with E-state index >= 15 is 0 Å². The molecule has 1 atom stereocenters. The Labute approximate surface area is 113 Å². The molecule has 0 aliphatic heterocycles. The minimum atomic E-state index is 0.380. The van der Waals surface area contributed by atoms with E-state index in [1.165, 1.54) is 22.3 Å². The van der Waals surface area contributed by atoms with Crippen LogP contribution in [0.1, 0.15) is 49.9 Å². The Morgan fingerprint density at radius 2 is 1.56 bits per heavy atom. The standard InChI is InChI=1S/C17H29N/c1-12-8-14(3)16(9-13(12)2)11-18-10-15(4)17(5,6)7/h8-9,15,18H,10-11H2,1-7H3. The van der Waals surface area contributed by atoms with Crippen LogP contribution in [0.2, 0.25) is 0 Å². The average molecular weight is 247 g/mol. The molecule has 1 unspecified atom stereocenters. The van der Waals surface area contributed by atoms with E-state index in [0.717, 1.165) is 13.1 Å². The summed E-state index contributed by atoms with van der Waals surface area (Å²) < 4.78 is 0. The Hall–Kier alpha value is -0.820. The first-order chi connectivity index (χ1) is 8.21. The third-order valence-electron chi connectivity index (χ3n) is 4.20. The van der Waals surface area contributed by atoms with Crippen molar-refractivity contribution in [2.45, 2.75) is 55.0 Å². The molecule has 18 heavy (non-hydrogen) atoms. The highest BCUT2D eigenvalue weighted by Gasteiger charge is 2.19. The summed E-state index contributed by atoms with van der Waals surface area (Å²) in [4.78, 5) is 0. The van der Waals surface area contributed by atoms with Crippen molar-refractivity contribution in [1.29, 1.82) is 0 Å². The molecule has 1 heteroatoms. The molecule has 0 radical (unpaired) electrons. The van der Waals surface area contributed by atoms with Gasteiger partial charge in [-0.3, -0.25) is 0 Å². The van der Waals surface area contributed by atoms with Gasteiger partial charge in [0, 0.05) is 6.54 Å². The SMILES string of the molecule is Cc1cc(C)c(CNCC(C)C(C)(C)C)cc1C. The second-order valence-electron chi connectivity index (χ2n) is 6.76. The lowest BCUT2D eigenvalue weighted by atomic mass is 9.82. The Bertz CT molecular complexity index is 399. The van der Waals surface area contributed by atoms with E-state index < -0.39 is 0 Å². The van der Waals surface area contributed by atoms with Crippen LogP contribution in [0.3, 0.4) is 0 Å². The highest BCUT2D eigenvalue weighted by Crippen LogP contribution is 2.24. The predicted octanol–water partition coefficient (Wildman–Crippen LogP) is 4.38. The Balaban J connectivity index is 2.57. The predicted molar refractivity (Wildman–Crippen MR) is 81.0 cm³/mol. The Morgan fingerprint density at radius 3 is 2.11 bits per heavy atom. The Kier molecular flexibility index (Phi) is 4.98. The van der Waals surface area contributed by atoms with Crippen molar-refractivity contribution in [3.8, 4) is 0 Å². The van der Waals surface area contributed by atoms with Gasteiger partial charge in [-0.2, -0.15) is 0 Å². The zero-order valence-corrected chi connectivity index (χ0v) is 13.1. The van der Waals surface area contributed by atoms with Crippen LogP contribution in [0.25, 0.3) is 0 Å². The van der Waals surface area contributed by atoms with Crippen molar-refractivity contribution >= 4 is 0 Å². The smallest absolute Gasteiger partial charge is 0.0208 e. The lowest BCUT2D eigenvalue weighted by Crippen LogP contribution is -2.29. The van der Waals surface area contributed by atoms with Crippen LogP contribution >= 0.6 is 0 Å². The normalized spacial score (nSPS) is 13.7. The highest BCUT2D eigenvalue weighted by molar-refractivity contribution is 5.36. The molecule has 0 saturated carbocycles. The summed E-state index contributed by atoms with van der Waals surface area (Å²) in [5.41, 5.74) is 5.99. The average Bonchev–Trinajstić information content (AvgIpc) is 2.23. The summed E-state index contributed by atoms with van der Waals surface area (Å²) >= 11 is 0. The molecule has 0 fully saturated rings. The van der Waals surface area contributed by atoms with Crippen molar-refractivity contribution in [1.82, 2.24) is 5.32 Å². The van der Waals surface area contributed by atoms with Crippen LogP contribution in [0, 0.1) is 32.1 Å². The molecule has 0 aliphatic carbocycles. The monoisotopic (exact) mass is 247 g/mol. The summed E-state index contributed by atoms with van der Waals surface area (Å²) in [5.74, 6) is 0.685. The number of hydrogen-bond donors (Lipinski definition) is 1. The molecule has 1 rings (SSSR count). The molecule has 0 bridgehead atoms. The van der Waals surface area contributed by atoms with Gasteiger partial charge in [0.05, 0.1) is 0 Å². The van der Waals surface area contributed by atoms with Gasteiger partial charge in [-0.1, -0.05) is 39.8 Å². The van der Waals surface area contributed by atoms with Crippen LogP contribution in [-0.2, 0) is 6.54 Å². The number of nitrogens with one attached hydrogen (secondary N) is 1. The second-order valence-corrected chi connectivity index (χ2v) is 6.76. The number of benzene rings is 1. The maximum atomic E-state index is 3.60. The van der Waals surface area contributed by atoms with E-state index in [0.29, 0.717) is 11.3 Å². The van der Waals surface area contributed by atoms with E-state index in [1.54, 1.807) is 0 Å². The van der Waals surface area contributed by atoms with Crippen LogP contribution in [0.4, 0.5) is 0 Å². The number of hydrogen-bond acceptors (Lipinski definition) is 1. The first-order valence-electron chi connectivity index (χ1n) is 6.99. The summed E-state index contributed by atoms with van der Waals surface area (Å²) in [5, 5.41) is 3.60. The largest absolute Gasteiger partial charge is 0.312 e. The molecule has 1 N–H and O–H groups in total. The van der Waals surface area contributed by atoms with Gasteiger partial charge in [0.15, 0.2) is 0 Å². The minimum absolute atomic E-state index is 0.380. The molecule has 102 valence electrons. The molecule has 0 amide bonds. The van der Waals surface area contributed by atoms with Crippen molar-refractivity contribution in [3.05, 3.63) is 34.4 Å². The molecule has 1 aromatic rings. The molecule has 0 aliphatic rings. The lowest BCUT2D eigenvalue weighted by Gasteiger charge is -2.27. The fraction of sp³-hybridized carbons (Fsp3) is 0.647. The Morgan fingerprint density at radius 1 is 1.00 bits per heavy atom. The zero-order valence-electron chi connectivity index (χ0n) is 13.1. The van der Waals surface area contributed by atoms with Crippen molar-refractivity contribution in [2.24, 2.45) is 11.3 Å². The van der Waals surface area contributed by atoms with Gasteiger partial charge in [0.1, 0.15) is 0 Å². The van der Waals surface area contributed by atoms with Gasteiger partial charge < -0.3 is 5.32 Å². The van der Waals surface area contributed by atoms with E-state index in [9.17, 15) is 0 Å². The van der Waals surface area contributed by atoms with Crippen molar-refractivity contribution in [3.63, 3.8) is 0 Å². The zero-order chi connectivity index (χ0) is 13.9. The fourth-order valence-corrected chi connectivity index (χ4v) is 1.94. The highest BCUT2D eigenvalue weighted by atomic mass is 14.9. The summed E-state index contributed by atoms with van der Waals surface area (Å²) in [6, 6.07) is 4.61. The maximum absolute atomic E-state index is 3.60. The van der Waals surface area contributed by atoms with E-state index in [1.807, 2.05) is 0 Å². The van der Waals surface area contributed by atoms with Gasteiger partial charge in [-0.05, 0) is 60.9 Å². The summed E-state index contributed by atoms with van der Waals surface area (Å²) in [6.07, 6.45) is 0. The molecule has 0 heterocycles. The number of aryl methyl sites for hydroxylation is 3. The quantitative estimate of drug-likeness (QED) is 0.832. The molecule has 1 nitrogen and oxygen atoms in total. The molecule has 0 saturated heterocycles. The first kappa shape index (κ1) is 15.2. The molecular weight excluding hydrogens is 218 g/mol. The maximum Gasteiger partial charge on any atom is 0.0208 e. The molecular formula is C17H29N. The van der Waals surface area contributed by atoms with Crippen LogP contribution in [-0.4, -0.2) is 6.54 Å². The topological polar surface area (TPSA) is 12.0 Å². The molecule has 1 aromatic carbocycles. The minimum Gasteiger partial charge on any atom is -0.312 e. The first-order valence-corrected chi connectivity index (χ1v) is 6.99. The fourth-order valence-electron chi connectivity index (χ4n) is 1.94. The summed E-state index contributed by atoms with van der Waals surface area (Å²) in [6.45, 7) is 17.9. The second kappa shape index (κ2) is 5.88. The van der Waals surface area contributed by atoms with E-state index in [4.69, 9.17) is 0 Å². The van der Waals surface area contributed by atoms with Crippen LogP contribution in [0.15, 0.2) is 12.1 Å². The van der Waals surface area contributed by atoms with Gasteiger partial charge in [0.2, 0.25) is 0 Å². The third-order valence-corrected chi connectivity index (χ3v) is 4.20. The number of rotatable bonds is 4. The lowest BCUT2D eigenvalue weighted by molar-refractivity contribution is 0.252. The van der Waals surface area contributed by atoms with Gasteiger partial charge >= 0.3 is 0 Å². The van der Waals surface area contributed by atoms with Gasteiger partial charge in [-0.15, -0.1) is 0 Å². The van der Waals surface area contributed by atoms with Gasteiger partial charge in [-0.25, -0.2) is 0 Å². The third kappa shape index (κ3) is 4.13. The molecule has 0 spiro atoms.